The van der Waals surface area contributed by atoms with Gasteiger partial charge in [-0.1, -0.05) is 24.2 Å². The first-order valence-corrected chi connectivity index (χ1v) is 10.0. The molecule has 3 unspecified atom stereocenters. The van der Waals surface area contributed by atoms with Crippen LogP contribution in [0.25, 0.3) is 0 Å². The largest absolute Gasteiger partial charge is 0.373 e. The summed E-state index contributed by atoms with van der Waals surface area (Å²) in [6.45, 7) is 2.94. The van der Waals surface area contributed by atoms with Crippen LogP contribution in [-0.2, 0) is 16.1 Å². The number of hydrogen-bond donors (Lipinski definition) is 3. The summed E-state index contributed by atoms with van der Waals surface area (Å²) in [6.07, 6.45) is 0.280. The van der Waals surface area contributed by atoms with Crippen LogP contribution in [0.1, 0.15) is 42.6 Å². The molecule has 160 valence electrons. The van der Waals surface area contributed by atoms with E-state index in [1.165, 1.54) is 12.1 Å². The van der Waals surface area contributed by atoms with Crippen LogP contribution in [0.3, 0.4) is 0 Å². The van der Waals surface area contributed by atoms with Gasteiger partial charge in [-0.3, -0.25) is 4.79 Å². The molecule has 2 aromatic rings. The summed E-state index contributed by atoms with van der Waals surface area (Å²) in [5, 5.41) is 5.78. The summed E-state index contributed by atoms with van der Waals surface area (Å²) in [4.78, 5) is 19.0. The number of amides is 1. The first kappa shape index (κ1) is 19.5. The van der Waals surface area contributed by atoms with E-state index in [9.17, 15) is 9.18 Å². The first-order valence-electron chi connectivity index (χ1n) is 10.0. The highest BCUT2D eigenvalue weighted by molar-refractivity contribution is 5.83. The molecule has 4 heterocycles. The monoisotopic (exact) mass is 417 g/mol. The van der Waals surface area contributed by atoms with Crippen molar-refractivity contribution in [1.29, 1.82) is 0 Å². The van der Waals surface area contributed by atoms with Crippen LogP contribution in [0.2, 0.25) is 0 Å². The molecule has 3 fully saturated rings. The van der Waals surface area contributed by atoms with Crippen LogP contribution in [0, 0.1) is 11.7 Å². The van der Waals surface area contributed by atoms with Crippen molar-refractivity contribution >= 4 is 5.91 Å². The van der Waals surface area contributed by atoms with Crippen LogP contribution in [0.4, 0.5) is 4.39 Å². The minimum atomic E-state index is -0.379. The Hall–Kier alpha value is -2.44. The van der Waals surface area contributed by atoms with Gasteiger partial charge in [0.05, 0.1) is 25.5 Å². The standard InChI is InChI=1S/C19H24FN7O3/c1-10-16-19(28)26(9-22-27(16)24-17(10)21)7-15-23-18(25-30-15)12-6-14(29-8-12)11-2-4-13(20)5-3-11/h2-5,10,12,14,16-17,22,24H,6-9,21H2,1H3/t10?,12-,14+,16?,17?/m0/s1. The fraction of sp³-hybridized carbons (Fsp3) is 0.526. The lowest BCUT2D eigenvalue weighted by atomic mass is 10.00. The average Bonchev–Trinajstić information content (AvgIpc) is 3.45. The van der Waals surface area contributed by atoms with E-state index in [1.54, 1.807) is 22.2 Å². The lowest BCUT2D eigenvalue weighted by Crippen LogP contribution is -2.63. The Labute approximate surface area is 172 Å². The molecule has 30 heavy (non-hydrogen) atoms. The number of halogens is 1. The third kappa shape index (κ3) is 3.48. The summed E-state index contributed by atoms with van der Waals surface area (Å²) in [7, 11) is 0. The third-order valence-corrected chi connectivity index (χ3v) is 6.04. The van der Waals surface area contributed by atoms with E-state index in [1.807, 2.05) is 6.92 Å². The molecule has 1 aromatic carbocycles. The van der Waals surface area contributed by atoms with Crippen molar-refractivity contribution in [1.82, 2.24) is 31.0 Å². The number of nitrogens with one attached hydrogen (secondary N) is 2. The second kappa shape index (κ2) is 7.67. The lowest BCUT2D eigenvalue weighted by molar-refractivity contribution is -0.149. The van der Waals surface area contributed by atoms with Crippen LogP contribution < -0.4 is 16.6 Å². The first-order chi connectivity index (χ1) is 14.5. The van der Waals surface area contributed by atoms with Crippen LogP contribution in [0.5, 0.6) is 0 Å². The van der Waals surface area contributed by atoms with E-state index in [0.717, 1.165) is 5.56 Å². The predicted molar refractivity (Wildman–Crippen MR) is 101 cm³/mol. The summed E-state index contributed by atoms with van der Waals surface area (Å²) < 4.78 is 24.4. The maximum Gasteiger partial charge on any atom is 0.246 e. The molecule has 11 heteroatoms. The van der Waals surface area contributed by atoms with Crippen molar-refractivity contribution in [3.8, 4) is 0 Å². The maximum absolute atomic E-state index is 13.1. The van der Waals surface area contributed by atoms with Gasteiger partial charge in [0.15, 0.2) is 5.82 Å². The number of benzene rings is 1. The Kier molecular flexibility index (Phi) is 4.99. The Balaban J connectivity index is 1.22. The molecule has 0 aliphatic carbocycles. The van der Waals surface area contributed by atoms with Crippen molar-refractivity contribution < 1.29 is 18.4 Å². The number of ether oxygens (including phenoxy) is 1. The predicted octanol–water partition coefficient (Wildman–Crippen LogP) is 0.368. The number of hydrazine groups is 2. The van der Waals surface area contributed by atoms with Crippen molar-refractivity contribution in [2.24, 2.45) is 11.7 Å². The van der Waals surface area contributed by atoms with Crippen LogP contribution >= 0.6 is 0 Å². The highest BCUT2D eigenvalue weighted by Crippen LogP contribution is 2.37. The summed E-state index contributed by atoms with van der Waals surface area (Å²) >= 11 is 0. The number of carbonyl (C=O) groups is 1. The van der Waals surface area contributed by atoms with Gasteiger partial charge in [0.25, 0.3) is 0 Å². The number of fused-ring (bicyclic) bond motifs is 1. The SMILES string of the molecule is CC1C(N)NN2NCN(Cc3nc([C@@H]4CO[C@@H](c5ccc(F)cc5)C4)no3)C(=O)C12. The number of nitrogens with two attached hydrogens (primary N) is 1. The zero-order chi connectivity index (χ0) is 20.8. The Bertz CT molecular complexity index is 923. The van der Waals surface area contributed by atoms with E-state index in [2.05, 4.69) is 21.0 Å². The minimum Gasteiger partial charge on any atom is -0.373 e. The zero-order valence-electron chi connectivity index (χ0n) is 16.5. The van der Waals surface area contributed by atoms with Gasteiger partial charge in [0.1, 0.15) is 18.4 Å². The van der Waals surface area contributed by atoms with Crippen LogP contribution in [0.15, 0.2) is 28.8 Å². The normalized spacial score (nSPS) is 32.0. The van der Waals surface area contributed by atoms with E-state index < -0.39 is 0 Å². The molecule has 1 aromatic heterocycles. The fourth-order valence-electron chi connectivity index (χ4n) is 4.21. The van der Waals surface area contributed by atoms with Gasteiger partial charge in [0.2, 0.25) is 11.8 Å². The number of aromatic nitrogens is 2. The van der Waals surface area contributed by atoms with Crippen molar-refractivity contribution in [2.45, 2.75) is 44.1 Å². The highest BCUT2D eigenvalue weighted by Gasteiger charge is 2.46. The molecular formula is C19H24FN7O3. The van der Waals surface area contributed by atoms with Crippen LogP contribution in [-0.4, -0.2) is 51.5 Å². The number of hydrogen-bond acceptors (Lipinski definition) is 9. The molecule has 0 radical (unpaired) electrons. The molecule has 5 atom stereocenters. The average molecular weight is 417 g/mol. The van der Waals surface area contributed by atoms with Gasteiger partial charge < -0.3 is 19.9 Å². The highest BCUT2D eigenvalue weighted by atomic mass is 19.1. The molecule has 1 amide bonds. The molecule has 3 aliphatic rings. The molecule has 0 saturated carbocycles. The molecular weight excluding hydrogens is 393 g/mol. The molecule has 4 N–H and O–H groups in total. The molecule has 10 nitrogen and oxygen atoms in total. The number of rotatable bonds is 4. The van der Waals surface area contributed by atoms with Gasteiger partial charge in [-0.2, -0.15) is 10.1 Å². The molecule has 5 rings (SSSR count). The van der Waals surface area contributed by atoms with E-state index >= 15 is 0 Å². The molecule has 0 bridgehead atoms. The fourth-order valence-corrected chi connectivity index (χ4v) is 4.21. The molecule has 3 saturated heterocycles. The van der Waals surface area contributed by atoms with Gasteiger partial charge in [-0.15, -0.1) is 0 Å². The quantitative estimate of drug-likeness (QED) is 0.648. The molecule has 3 aliphatic heterocycles. The summed E-state index contributed by atoms with van der Waals surface area (Å²) in [6, 6.07) is 5.93. The summed E-state index contributed by atoms with van der Waals surface area (Å²) in [5.74, 6) is 0.575. The topological polar surface area (TPSA) is 122 Å². The minimum absolute atomic E-state index is 0.0136. The van der Waals surface area contributed by atoms with Crippen molar-refractivity contribution in [2.75, 3.05) is 13.3 Å². The lowest BCUT2D eigenvalue weighted by Gasteiger charge is -2.37. The van der Waals surface area contributed by atoms with E-state index in [-0.39, 0.29) is 48.4 Å². The summed E-state index contributed by atoms with van der Waals surface area (Å²) in [5.41, 5.74) is 13.1. The Morgan fingerprint density at radius 2 is 2.13 bits per heavy atom. The second-order valence-corrected chi connectivity index (χ2v) is 8.03. The van der Waals surface area contributed by atoms with Gasteiger partial charge >= 0.3 is 0 Å². The van der Waals surface area contributed by atoms with Crippen molar-refractivity contribution in [3.63, 3.8) is 0 Å². The van der Waals surface area contributed by atoms with E-state index in [4.69, 9.17) is 15.0 Å². The number of carbonyl (C=O) groups excluding carboxylic acids is 1. The van der Waals surface area contributed by atoms with Gasteiger partial charge in [-0.25, -0.2) is 15.2 Å². The maximum atomic E-state index is 13.1. The molecule has 0 spiro atoms. The second-order valence-electron chi connectivity index (χ2n) is 8.03. The Morgan fingerprint density at radius 3 is 2.93 bits per heavy atom. The Morgan fingerprint density at radius 1 is 1.33 bits per heavy atom. The number of nitrogens with zero attached hydrogens (tertiary/aromatic N) is 4. The third-order valence-electron chi connectivity index (χ3n) is 6.04. The van der Waals surface area contributed by atoms with E-state index in [0.29, 0.717) is 31.4 Å². The van der Waals surface area contributed by atoms with Gasteiger partial charge in [-0.05, 0) is 24.1 Å². The van der Waals surface area contributed by atoms with Crippen molar-refractivity contribution in [3.05, 3.63) is 47.4 Å². The zero-order valence-corrected chi connectivity index (χ0v) is 16.5. The smallest absolute Gasteiger partial charge is 0.246 e. The van der Waals surface area contributed by atoms with Gasteiger partial charge in [0, 0.05) is 11.8 Å².